The molecule has 0 radical (unpaired) electrons. The summed E-state index contributed by atoms with van der Waals surface area (Å²) in [6.45, 7) is 3.76. The van der Waals surface area contributed by atoms with Gasteiger partial charge in [-0.15, -0.1) is 5.10 Å². The van der Waals surface area contributed by atoms with Gasteiger partial charge in [-0.1, -0.05) is 29.8 Å². The Labute approximate surface area is 148 Å². The fourth-order valence-corrected chi connectivity index (χ4v) is 3.80. The first-order chi connectivity index (χ1) is 12.2. The van der Waals surface area contributed by atoms with Gasteiger partial charge in [-0.2, -0.15) is 5.10 Å². The molecule has 1 aromatic heterocycles. The first-order valence-corrected chi connectivity index (χ1v) is 9.10. The fourth-order valence-electron chi connectivity index (χ4n) is 3.80. The number of rotatable bonds is 4. The van der Waals surface area contributed by atoms with Crippen molar-refractivity contribution >= 4 is 11.7 Å². The molecule has 0 spiro atoms. The van der Waals surface area contributed by atoms with Gasteiger partial charge in [-0.3, -0.25) is 4.79 Å². The van der Waals surface area contributed by atoms with Crippen LogP contribution in [-0.4, -0.2) is 40.1 Å². The maximum absolute atomic E-state index is 12.8. The second kappa shape index (κ2) is 6.82. The molecule has 2 aliphatic rings. The van der Waals surface area contributed by atoms with Crippen molar-refractivity contribution in [3.8, 4) is 0 Å². The van der Waals surface area contributed by atoms with Gasteiger partial charge in [0.25, 0.3) is 0 Å². The van der Waals surface area contributed by atoms with E-state index in [9.17, 15) is 4.79 Å². The largest absolute Gasteiger partial charge is 0.366 e. The van der Waals surface area contributed by atoms with Crippen LogP contribution in [-0.2, 0) is 4.79 Å². The van der Waals surface area contributed by atoms with Crippen molar-refractivity contribution in [2.24, 2.45) is 5.92 Å². The molecule has 0 bridgehead atoms. The molecular formula is C20H24N4O. The van der Waals surface area contributed by atoms with Gasteiger partial charge in [-0.05, 0) is 49.8 Å². The van der Waals surface area contributed by atoms with E-state index in [0.29, 0.717) is 17.9 Å². The number of nitrogens with zero attached hydrogens (tertiary/aromatic N) is 3. The van der Waals surface area contributed by atoms with Crippen LogP contribution in [0.4, 0.5) is 5.82 Å². The van der Waals surface area contributed by atoms with Crippen LogP contribution in [0.25, 0.3) is 0 Å². The molecule has 2 aromatic rings. The van der Waals surface area contributed by atoms with Crippen molar-refractivity contribution in [2.75, 3.05) is 18.4 Å². The summed E-state index contributed by atoms with van der Waals surface area (Å²) in [7, 11) is 0. The summed E-state index contributed by atoms with van der Waals surface area (Å²) in [6, 6.07) is 12.8. The zero-order valence-corrected chi connectivity index (χ0v) is 14.6. The van der Waals surface area contributed by atoms with Gasteiger partial charge in [0, 0.05) is 31.2 Å². The molecule has 1 aliphatic carbocycles. The van der Waals surface area contributed by atoms with E-state index < -0.39 is 0 Å². The van der Waals surface area contributed by atoms with Gasteiger partial charge in [-0.25, -0.2) is 0 Å². The lowest BCUT2D eigenvalue weighted by Gasteiger charge is -2.32. The van der Waals surface area contributed by atoms with Gasteiger partial charge in [0.1, 0.15) is 5.82 Å². The molecule has 1 aliphatic heterocycles. The maximum Gasteiger partial charge on any atom is 0.226 e. The minimum Gasteiger partial charge on any atom is -0.366 e. The number of benzene rings is 1. The SMILES string of the molecule is Cc1cccc([C@@H]2C[C@H]2C(=O)N2CCC(Nc3cccnn3)CC2)c1. The predicted octanol–water partition coefficient (Wildman–Crippen LogP) is 2.99. The number of nitrogens with one attached hydrogen (secondary N) is 1. The number of anilines is 1. The highest BCUT2D eigenvalue weighted by molar-refractivity contribution is 5.83. The molecule has 1 amide bonds. The van der Waals surface area contributed by atoms with Crippen LogP contribution in [0.1, 0.15) is 36.3 Å². The van der Waals surface area contributed by atoms with E-state index in [-0.39, 0.29) is 5.92 Å². The Morgan fingerprint density at radius 3 is 2.76 bits per heavy atom. The fraction of sp³-hybridized carbons (Fsp3) is 0.450. The highest BCUT2D eigenvalue weighted by Crippen LogP contribution is 2.48. The number of amides is 1. The quantitative estimate of drug-likeness (QED) is 0.932. The maximum atomic E-state index is 12.8. The summed E-state index contributed by atoms with van der Waals surface area (Å²) in [5.41, 5.74) is 2.59. The summed E-state index contributed by atoms with van der Waals surface area (Å²) in [6.07, 6.45) is 4.60. The third-order valence-electron chi connectivity index (χ3n) is 5.31. The Kier molecular flexibility index (Phi) is 4.38. The lowest BCUT2D eigenvalue weighted by molar-refractivity contribution is -0.133. The predicted molar refractivity (Wildman–Crippen MR) is 97.3 cm³/mol. The molecule has 2 heterocycles. The van der Waals surface area contributed by atoms with E-state index in [0.717, 1.165) is 38.2 Å². The highest BCUT2D eigenvalue weighted by atomic mass is 16.2. The molecule has 0 unspecified atom stereocenters. The Morgan fingerprint density at radius 2 is 2.04 bits per heavy atom. The monoisotopic (exact) mass is 336 g/mol. The average Bonchev–Trinajstić information content (AvgIpc) is 3.43. The molecule has 1 aromatic carbocycles. The topological polar surface area (TPSA) is 58.1 Å². The van der Waals surface area contributed by atoms with Crippen molar-refractivity contribution in [1.29, 1.82) is 0 Å². The smallest absolute Gasteiger partial charge is 0.226 e. The van der Waals surface area contributed by atoms with E-state index >= 15 is 0 Å². The van der Waals surface area contributed by atoms with Gasteiger partial charge in [0.05, 0.1) is 0 Å². The second-order valence-electron chi connectivity index (χ2n) is 7.22. The van der Waals surface area contributed by atoms with Crippen LogP contribution in [0.2, 0.25) is 0 Å². The van der Waals surface area contributed by atoms with Crippen LogP contribution in [0.5, 0.6) is 0 Å². The summed E-state index contributed by atoms with van der Waals surface area (Å²) < 4.78 is 0. The molecule has 1 saturated carbocycles. The van der Waals surface area contributed by atoms with Crippen LogP contribution in [0.15, 0.2) is 42.6 Å². The normalized spacial score (nSPS) is 23.3. The number of aryl methyl sites for hydroxylation is 1. The molecule has 1 saturated heterocycles. The van der Waals surface area contributed by atoms with Crippen LogP contribution < -0.4 is 5.32 Å². The molecule has 25 heavy (non-hydrogen) atoms. The average molecular weight is 336 g/mol. The third-order valence-corrected chi connectivity index (χ3v) is 5.31. The van der Waals surface area contributed by atoms with Gasteiger partial charge in [0.15, 0.2) is 0 Å². The zero-order chi connectivity index (χ0) is 17.2. The first kappa shape index (κ1) is 16.1. The highest BCUT2D eigenvalue weighted by Gasteiger charge is 2.46. The summed E-state index contributed by atoms with van der Waals surface area (Å²) in [5.74, 6) is 1.76. The number of aromatic nitrogens is 2. The van der Waals surface area contributed by atoms with E-state index in [1.165, 1.54) is 11.1 Å². The molecule has 130 valence electrons. The van der Waals surface area contributed by atoms with Crippen LogP contribution >= 0.6 is 0 Å². The van der Waals surface area contributed by atoms with Crippen LogP contribution in [0.3, 0.4) is 0 Å². The van der Waals surface area contributed by atoms with E-state index in [2.05, 4.69) is 51.6 Å². The number of piperidine rings is 1. The summed E-state index contributed by atoms with van der Waals surface area (Å²) in [5, 5.41) is 11.4. The zero-order valence-electron chi connectivity index (χ0n) is 14.6. The Hall–Kier alpha value is -2.43. The third kappa shape index (κ3) is 3.65. The van der Waals surface area contributed by atoms with E-state index in [1.807, 2.05) is 12.1 Å². The van der Waals surface area contributed by atoms with Gasteiger partial charge >= 0.3 is 0 Å². The molecule has 2 fully saturated rings. The van der Waals surface area contributed by atoms with Gasteiger partial charge in [0.2, 0.25) is 5.91 Å². The number of likely N-dealkylation sites (tertiary alicyclic amines) is 1. The van der Waals surface area contributed by atoms with Crippen molar-refractivity contribution in [3.63, 3.8) is 0 Å². The van der Waals surface area contributed by atoms with Crippen molar-refractivity contribution in [1.82, 2.24) is 15.1 Å². The first-order valence-electron chi connectivity index (χ1n) is 9.10. The molecule has 5 heteroatoms. The second-order valence-corrected chi connectivity index (χ2v) is 7.22. The minimum absolute atomic E-state index is 0.186. The Morgan fingerprint density at radius 1 is 1.20 bits per heavy atom. The van der Waals surface area contributed by atoms with Crippen LogP contribution in [0, 0.1) is 12.8 Å². The van der Waals surface area contributed by atoms with Crippen molar-refractivity contribution in [2.45, 2.75) is 38.1 Å². The Balaban J connectivity index is 1.29. The molecule has 1 N–H and O–H groups in total. The Bertz CT molecular complexity index is 740. The summed E-state index contributed by atoms with van der Waals surface area (Å²) >= 11 is 0. The van der Waals surface area contributed by atoms with E-state index in [1.54, 1.807) is 6.20 Å². The molecule has 2 atom stereocenters. The molecule has 5 nitrogen and oxygen atoms in total. The number of hydrogen-bond donors (Lipinski definition) is 1. The van der Waals surface area contributed by atoms with Crippen molar-refractivity contribution < 1.29 is 4.79 Å². The minimum atomic E-state index is 0.186. The number of carbonyl (C=O) groups excluding carboxylic acids is 1. The summed E-state index contributed by atoms with van der Waals surface area (Å²) in [4.78, 5) is 14.8. The number of carbonyl (C=O) groups is 1. The lowest BCUT2D eigenvalue weighted by Crippen LogP contribution is -2.43. The lowest BCUT2D eigenvalue weighted by atomic mass is 10.0. The van der Waals surface area contributed by atoms with Crippen molar-refractivity contribution in [3.05, 3.63) is 53.7 Å². The van der Waals surface area contributed by atoms with E-state index in [4.69, 9.17) is 0 Å². The van der Waals surface area contributed by atoms with Gasteiger partial charge < -0.3 is 10.2 Å². The number of hydrogen-bond acceptors (Lipinski definition) is 4. The molecule has 4 rings (SSSR count). The molecular weight excluding hydrogens is 312 g/mol. The standard InChI is InChI=1S/C20H24N4O/c1-14-4-2-5-15(12-14)17-13-18(17)20(25)24-10-7-16(8-11-24)22-19-6-3-9-21-23-19/h2-6,9,12,16-18H,7-8,10-11,13H2,1H3,(H,22,23)/t17-,18+/m0/s1.